The summed E-state index contributed by atoms with van der Waals surface area (Å²) in [5.41, 5.74) is 7.18. The Morgan fingerprint density at radius 1 is 0.700 bits per heavy atom. The smallest absolute Gasteiger partial charge is 0.408 e. The molecule has 0 fully saturated rings. The minimum atomic E-state index is -1.16. The molecule has 1 aliphatic carbocycles. The summed E-state index contributed by atoms with van der Waals surface area (Å²) in [5.74, 6) is -1.75. The van der Waals surface area contributed by atoms with Crippen LogP contribution in [0.3, 0.4) is 0 Å². The fourth-order valence-electron chi connectivity index (χ4n) is 5.07. The van der Waals surface area contributed by atoms with Crippen LogP contribution in [0.1, 0.15) is 27.8 Å². The van der Waals surface area contributed by atoms with Crippen LogP contribution in [0.15, 0.2) is 103 Å². The van der Waals surface area contributed by atoms with Crippen molar-refractivity contribution in [2.24, 2.45) is 0 Å². The molecule has 0 unspecified atom stereocenters. The molecule has 202 valence electrons. The van der Waals surface area contributed by atoms with Crippen LogP contribution in [-0.2, 0) is 40.2 Å². The number of benzene rings is 4. The van der Waals surface area contributed by atoms with Gasteiger partial charge in [-0.25, -0.2) is 9.59 Å². The summed E-state index contributed by atoms with van der Waals surface area (Å²) in [6.45, 7) is 0.0500. The Balaban J connectivity index is 1.27. The van der Waals surface area contributed by atoms with E-state index in [1.165, 1.54) is 11.1 Å². The molecule has 40 heavy (non-hydrogen) atoms. The zero-order valence-corrected chi connectivity index (χ0v) is 21.9. The number of aliphatic carboxylic acids is 1. The highest BCUT2D eigenvalue weighted by atomic mass is 16.5. The number of carboxylic acid groups (broad SMARTS) is 1. The number of hydrogen-bond donors (Lipinski definition) is 3. The van der Waals surface area contributed by atoms with Crippen LogP contribution in [0, 0.1) is 0 Å². The Morgan fingerprint density at radius 3 is 1.98 bits per heavy atom. The molecule has 7 heteroatoms. The normalized spacial score (nSPS) is 12.9. The molecule has 7 nitrogen and oxygen atoms in total. The van der Waals surface area contributed by atoms with E-state index in [4.69, 9.17) is 4.74 Å². The van der Waals surface area contributed by atoms with E-state index in [-0.39, 0.29) is 19.4 Å². The van der Waals surface area contributed by atoms with E-state index in [1.54, 1.807) is 12.1 Å². The molecule has 2 amide bonds. The highest BCUT2D eigenvalue weighted by Crippen LogP contribution is 2.38. The van der Waals surface area contributed by atoms with Crippen molar-refractivity contribution in [3.8, 4) is 11.1 Å². The summed E-state index contributed by atoms with van der Waals surface area (Å²) >= 11 is 0. The predicted octanol–water partition coefficient (Wildman–Crippen LogP) is 4.91. The summed E-state index contributed by atoms with van der Waals surface area (Å²) in [6, 6.07) is 30.3. The highest BCUT2D eigenvalue weighted by Gasteiger charge is 2.28. The van der Waals surface area contributed by atoms with Crippen LogP contribution < -0.4 is 10.6 Å². The molecule has 0 saturated heterocycles. The second kappa shape index (κ2) is 12.3. The van der Waals surface area contributed by atoms with E-state index in [2.05, 4.69) is 28.8 Å². The Bertz CT molecular complexity index is 1500. The SMILES string of the molecule is O=C(N[C@@H](Cc1ccccc1)C(=O)N[C@@H](Cc1ccccc1)C(=O)O)OCc1cccc2c1Cc1ccccc1-2. The van der Waals surface area contributed by atoms with E-state index in [0.717, 1.165) is 34.2 Å². The van der Waals surface area contributed by atoms with Crippen molar-refractivity contribution in [1.82, 2.24) is 10.6 Å². The molecular weight excluding hydrogens is 504 g/mol. The number of carboxylic acids is 1. The third kappa shape index (κ3) is 6.38. The quantitative estimate of drug-likeness (QED) is 0.236. The fourth-order valence-corrected chi connectivity index (χ4v) is 5.07. The molecule has 0 saturated carbocycles. The van der Waals surface area contributed by atoms with Gasteiger partial charge in [-0.2, -0.15) is 0 Å². The maximum atomic E-state index is 13.3. The van der Waals surface area contributed by atoms with Gasteiger partial charge in [-0.05, 0) is 45.4 Å². The second-order valence-corrected chi connectivity index (χ2v) is 9.83. The molecule has 3 N–H and O–H groups in total. The molecule has 2 atom stereocenters. The Hall–Kier alpha value is -4.91. The largest absolute Gasteiger partial charge is 0.480 e. The van der Waals surface area contributed by atoms with Crippen molar-refractivity contribution < 1.29 is 24.2 Å². The fraction of sp³-hybridized carbons (Fsp3) is 0.182. The standard InChI is InChI=1S/C33H30N2O5/c36-31(34-30(32(37)38)19-23-12-5-2-6-13-23)29(18-22-10-3-1-4-11-22)35-33(39)40-21-25-15-9-17-27-26-16-8-7-14-24(26)20-28(25)27/h1-17,29-30H,18-21H2,(H,34,36)(H,35,39)(H,37,38)/t29-,30-/m0/s1. The van der Waals surface area contributed by atoms with Gasteiger partial charge in [0.15, 0.2) is 0 Å². The van der Waals surface area contributed by atoms with Gasteiger partial charge in [-0.3, -0.25) is 4.79 Å². The van der Waals surface area contributed by atoms with Gasteiger partial charge >= 0.3 is 12.1 Å². The highest BCUT2D eigenvalue weighted by molar-refractivity contribution is 5.89. The first-order valence-corrected chi connectivity index (χ1v) is 13.2. The van der Waals surface area contributed by atoms with Gasteiger partial charge in [0, 0.05) is 12.8 Å². The summed E-state index contributed by atoms with van der Waals surface area (Å²) in [4.78, 5) is 38.2. The van der Waals surface area contributed by atoms with Gasteiger partial charge in [0.25, 0.3) is 0 Å². The first-order chi connectivity index (χ1) is 19.5. The van der Waals surface area contributed by atoms with Gasteiger partial charge in [-0.15, -0.1) is 0 Å². The summed E-state index contributed by atoms with van der Waals surface area (Å²) in [5, 5.41) is 15.0. The Labute approximate surface area is 232 Å². The summed E-state index contributed by atoms with van der Waals surface area (Å²) in [7, 11) is 0. The lowest BCUT2D eigenvalue weighted by Gasteiger charge is -2.22. The third-order valence-corrected chi connectivity index (χ3v) is 7.10. The monoisotopic (exact) mass is 534 g/mol. The molecule has 0 spiro atoms. The molecule has 4 aromatic carbocycles. The second-order valence-electron chi connectivity index (χ2n) is 9.83. The number of alkyl carbamates (subject to hydrolysis) is 1. The molecule has 1 aliphatic rings. The zero-order chi connectivity index (χ0) is 27.9. The van der Waals surface area contributed by atoms with Crippen LogP contribution in [0.5, 0.6) is 0 Å². The average Bonchev–Trinajstić information content (AvgIpc) is 3.36. The van der Waals surface area contributed by atoms with Crippen LogP contribution in [0.4, 0.5) is 4.79 Å². The number of fused-ring (bicyclic) bond motifs is 3. The van der Waals surface area contributed by atoms with Gasteiger partial charge in [0.05, 0.1) is 0 Å². The molecule has 0 bridgehead atoms. The molecule has 0 radical (unpaired) electrons. The van der Waals surface area contributed by atoms with Crippen molar-refractivity contribution >= 4 is 18.0 Å². The first-order valence-electron chi connectivity index (χ1n) is 13.2. The van der Waals surface area contributed by atoms with Crippen LogP contribution in [0.25, 0.3) is 11.1 Å². The van der Waals surface area contributed by atoms with E-state index in [9.17, 15) is 19.5 Å². The van der Waals surface area contributed by atoms with Crippen LogP contribution in [0.2, 0.25) is 0 Å². The van der Waals surface area contributed by atoms with Crippen molar-refractivity contribution in [2.45, 2.75) is 38.0 Å². The number of nitrogens with one attached hydrogen (secondary N) is 2. The van der Waals surface area contributed by atoms with Gasteiger partial charge < -0.3 is 20.5 Å². The number of rotatable bonds is 10. The van der Waals surface area contributed by atoms with E-state index in [0.29, 0.717) is 0 Å². The zero-order valence-electron chi connectivity index (χ0n) is 21.9. The van der Waals surface area contributed by atoms with Gasteiger partial charge in [-0.1, -0.05) is 103 Å². The molecular formula is C33H30N2O5. The average molecular weight is 535 g/mol. The number of amides is 2. The van der Waals surface area contributed by atoms with Gasteiger partial charge in [0.1, 0.15) is 18.7 Å². The molecule has 0 aliphatic heterocycles. The van der Waals surface area contributed by atoms with Crippen LogP contribution in [-0.4, -0.2) is 35.2 Å². The summed E-state index contributed by atoms with van der Waals surface area (Å²) in [6.07, 6.45) is 0.310. The third-order valence-electron chi connectivity index (χ3n) is 7.10. The number of carbonyl (C=O) groups excluding carboxylic acids is 2. The van der Waals surface area contributed by atoms with E-state index in [1.807, 2.05) is 72.8 Å². The number of hydrogen-bond acceptors (Lipinski definition) is 4. The summed E-state index contributed by atoms with van der Waals surface area (Å²) < 4.78 is 5.57. The lowest BCUT2D eigenvalue weighted by molar-refractivity contribution is -0.142. The number of carbonyl (C=O) groups is 3. The topological polar surface area (TPSA) is 105 Å². The van der Waals surface area contributed by atoms with Crippen molar-refractivity contribution in [2.75, 3.05) is 0 Å². The van der Waals surface area contributed by atoms with Crippen LogP contribution >= 0.6 is 0 Å². The lowest BCUT2D eigenvalue weighted by atomic mass is 10.0. The predicted molar refractivity (Wildman–Crippen MR) is 152 cm³/mol. The Morgan fingerprint density at radius 2 is 1.30 bits per heavy atom. The number of ether oxygens (including phenoxy) is 1. The van der Waals surface area contributed by atoms with Crippen molar-refractivity contribution in [3.63, 3.8) is 0 Å². The molecule has 0 heterocycles. The van der Waals surface area contributed by atoms with Crippen molar-refractivity contribution in [3.05, 3.63) is 131 Å². The van der Waals surface area contributed by atoms with E-state index < -0.39 is 30.1 Å². The minimum absolute atomic E-state index is 0.0500. The molecule has 5 rings (SSSR count). The first kappa shape index (κ1) is 26.7. The minimum Gasteiger partial charge on any atom is -0.480 e. The van der Waals surface area contributed by atoms with Crippen molar-refractivity contribution in [1.29, 1.82) is 0 Å². The molecule has 0 aromatic heterocycles. The molecule has 4 aromatic rings. The lowest BCUT2D eigenvalue weighted by Crippen LogP contribution is -2.53. The Kier molecular flexibility index (Phi) is 8.21. The maximum absolute atomic E-state index is 13.3. The maximum Gasteiger partial charge on any atom is 0.408 e. The van der Waals surface area contributed by atoms with Gasteiger partial charge in [0.2, 0.25) is 5.91 Å². The van der Waals surface area contributed by atoms with E-state index >= 15 is 0 Å².